The van der Waals surface area contributed by atoms with Gasteiger partial charge >= 0.3 is 23.6 Å². The Morgan fingerprint density at radius 1 is 1.03 bits per heavy atom. The maximum absolute atomic E-state index is 13.3. The second kappa shape index (κ2) is 10.6. The Labute approximate surface area is 214 Å². The molecule has 14 heteroatoms. The minimum absolute atomic E-state index is 0.181. The standard InChI is InChI=1S/C24H21N3O11/c25-20(29)19-18(22(31)35-12-14-4-2-1-3-5-14)21(30)26(38-19)24(11-10-17(28)37-24)23(32)36-13-15-6-8-16(9-7-15)27(33)34/h1-9,18-19H,10-13H2,(H2,25,29). The highest BCUT2D eigenvalue weighted by Crippen LogP contribution is 2.39. The van der Waals surface area contributed by atoms with Crippen molar-refractivity contribution >= 4 is 35.4 Å². The first-order valence-electron chi connectivity index (χ1n) is 11.3. The van der Waals surface area contributed by atoms with E-state index in [1.54, 1.807) is 30.3 Å². The third kappa shape index (κ3) is 5.15. The lowest BCUT2D eigenvalue weighted by molar-refractivity contribution is -0.384. The summed E-state index contributed by atoms with van der Waals surface area (Å²) in [5.41, 5.74) is 3.70. The summed E-state index contributed by atoms with van der Waals surface area (Å²) in [5.74, 6) is -7.47. The number of carbonyl (C=O) groups is 5. The molecular formula is C24H21N3O11. The van der Waals surface area contributed by atoms with Gasteiger partial charge in [-0.1, -0.05) is 30.3 Å². The molecule has 3 atom stereocenters. The monoisotopic (exact) mass is 527 g/mol. The van der Waals surface area contributed by atoms with Gasteiger partial charge in [0.05, 0.1) is 11.3 Å². The lowest BCUT2D eigenvalue weighted by atomic mass is 10.0. The highest BCUT2D eigenvalue weighted by molar-refractivity contribution is 6.06. The number of benzene rings is 2. The number of amides is 2. The molecule has 2 amide bonds. The first-order valence-corrected chi connectivity index (χ1v) is 11.3. The topological polar surface area (TPSA) is 195 Å². The van der Waals surface area contributed by atoms with Gasteiger partial charge in [-0.05, 0) is 23.3 Å². The number of nitrogens with zero attached hydrogens (tertiary/aromatic N) is 2. The van der Waals surface area contributed by atoms with Crippen molar-refractivity contribution in [3.8, 4) is 0 Å². The van der Waals surface area contributed by atoms with E-state index in [0.717, 1.165) is 0 Å². The Kier molecular flexibility index (Phi) is 7.34. The third-order valence-corrected chi connectivity index (χ3v) is 5.86. The molecule has 0 bridgehead atoms. The number of rotatable bonds is 9. The van der Waals surface area contributed by atoms with E-state index in [4.69, 9.17) is 24.8 Å². The second-order valence-corrected chi connectivity index (χ2v) is 8.39. The fourth-order valence-corrected chi connectivity index (χ4v) is 3.91. The zero-order valence-corrected chi connectivity index (χ0v) is 19.6. The minimum Gasteiger partial charge on any atom is -0.460 e. The first-order chi connectivity index (χ1) is 18.1. The van der Waals surface area contributed by atoms with Crippen LogP contribution >= 0.6 is 0 Å². The van der Waals surface area contributed by atoms with Crippen molar-refractivity contribution in [2.45, 2.75) is 37.9 Å². The molecule has 2 N–H and O–H groups in total. The average Bonchev–Trinajstić information content (AvgIpc) is 3.47. The number of carbonyl (C=O) groups excluding carboxylic acids is 5. The van der Waals surface area contributed by atoms with Crippen LogP contribution in [0, 0.1) is 16.0 Å². The molecule has 2 heterocycles. The molecule has 2 aliphatic heterocycles. The molecule has 2 aliphatic rings. The lowest BCUT2D eigenvalue weighted by Gasteiger charge is -2.32. The normalized spacial score (nSPS) is 22.6. The van der Waals surface area contributed by atoms with E-state index in [2.05, 4.69) is 0 Å². The zero-order valence-electron chi connectivity index (χ0n) is 19.6. The van der Waals surface area contributed by atoms with Crippen molar-refractivity contribution < 1.29 is 47.9 Å². The quantitative estimate of drug-likeness (QED) is 0.158. The Balaban J connectivity index is 1.53. The van der Waals surface area contributed by atoms with Gasteiger partial charge in [-0.15, -0.1) is 0 Å². The Morgan fingerprint density at radius 3 is 2.24 bits per heavy atom. The summed E-state index contributed by atoms with van der Waals surface area (Å²) in [7, 11) is 0. The number of primary amides is 1. The Hall–Kier alpha value is -4.85. The van der Waals surface area contributed by atoms with Gasteiger partial charge < -0.3 is 19.9 Å². The predicted octanol–water partition coefficient (Wildman–Crippen LogP) is 0.659. The largest absolute Gasteiger partial charge is 0.460 e. The molecule has 198 valence electrons. The van der Waals surface area contributed by atoms with E-state index in [0.29, 0.717) is 16.2 Å². The molecule has 14 nitrogen and oxygen atoms in total. The second-order valence-electron chi connectivity index (χ2n) is 8.39. The van der Waals surface area contributed by atoms with Gasteiger partial charge in [-0.3, -0.25) is 34.1 Å². The van der Waals surface area contributed by atoms with Crippen molar-refractivity contribution in [1.82, 2.24) is 5.06 Å². The molecule has 0 radical (unpaired) electrons. The first kappa shape index (κ1) is 26.2. The molecule has 38 heavy (non-hydrogen) atoms. The summed E-state index contributed by atoms with van der Waals surface area (Å²) in [4.78, 5) is 78.9. The van der Waals surface area contributed by atoms with Crippen molar-refractivity contribution in [2.75, 3.05) is 0 Å². The van der Waals surface area contributed by atoms with Crippen LogP contribution < -0.4 is 5.73 Å². The van der Waals surface area contributed by atoms with E-state index < -0.39 is 65.4 Å². The Morgan fingerprint density at radius 2 is 1.66 bits per heavy atom. The summed E-state index contributed by atoms with van der Waals surface area (Å²) in [6.45, 7) is -0.619. The maximum Gasteiger partial charge on any atom is 0.375 e. The molecule has 2 aromatic carbocycles. The SMILES string of the molecule is NC(=O)C1ON(C2(C(=O)OCc3ccc([N+](=O)[O-])cc3)CCC(=O)O2)C(=O)C1C(=O)OCc1ccccc1. The van der Waals surface area contributed by atoms with Crippen molar-refractivity contribution in [3.63, 3.8) is 0 Å². The van der Waals surface area contributed by atoms with Gasteiger partial charge in [0.2, 0.25) is 0 Å². The van der Waals surface area contributed by atoms with Gasteiger partial charge in [0.25, 0.3) is 17.5 Å². The number of hydrogen-bond donors (Lipinski definition) is 1. The van der Waals surface area contributed by atoms with Gasteiger partial charge in [0.15, 0.2) is 12.0 Å². The number of ether oxygens (including phenoxy) is 3. The minimum atomic E-state index is -2.43. The lowest BCUT2D eigenvalue weighted by Crippen LogP contribution is -2.56. The summed E-state index contributed by atoms with van der Waals surface area (Å²) < 4.78 is 15.6. The fraction of sp³-hybridized carbons (Fsp3) is 0.292. The van der Waals surface area contributed by atoms with Crippen LogP contribution in [0.3, 0.4) is 0 Å². The number of cyclic esters (lactones) is 1. The molecule has 2 aromatic rings. The molecule has 2 fully saturated rings. The van der Waals surface area contributed by atoms with Crippen LogP contribution in [0.5, 0.6) is 0 Å². The van der Waals surface area contributed by atoms with Crippen LogP contribution in [-0.4, -0.2) is 51.5 Å². The molecule has 0 aromatic heterocycles. The van der Waals surface area contributed by atoms with Crippen LogP contribution in [0.4, 0.5) is 5.69 Å². The maximum atomic E-state index is 13.3. The molecule has 0 saturated carbocycles. The van der Waals surface area contributed by atoms with Crippen molar-refractivity contribution in [3.05, 3.63) is 75.8 Å². The van der Waals surface area contributed by atoms with Crippen LogP contribution in [0.2, 0.25) is 0 Å². The fourth-order valence-electron chi connectivity index (χ4n) is 3.91. The van der Waals surface area contributed by atoms with E-state index in [-0.39, 0.29) is 18.7 Å². The zero-order chi connectivity index (χ0) is 27.4. The van der Waals surface area contributed by atoms with Crippen LogP contribution in [-0.2, 0) is 56.2 Å². The average molecular weight is 527 g/mol. The van der Waals surface area contributed by atoms with E-state index in [9.17, 15) is 34.1 Å². The summed E-state index contributed by atoms with van der Waals surface area (Å²) in [6.07, 6.45) is -2.54. The van der Waals surface area contributed by atoms with Crippen LogP contribution in [0.25, 0.3) is 0 Å². The molecule has 0 aliphatic carbocycles. The van der Waals surface area contributed by atoms with E-state index >= 15 is 0 Å². The number of nitro benzene ring substituents is 1. The van der Waals surface area contributed by atoms with Crippen LogP contribution in [0.1, 0.15) is 24.0 Å². The summed E-state index contributed by atoms with van der Waals surface area (Å²) in [5, 5.41) is 11.2. The number of non-ortho nitro benzene ring substituents is 1. The number of hydrogen-bond acceptors (Lipinski definition) is 11. The number of nitro groups is 1. The van der Waals surface area contributed by atoms with E-state index in [1.165, 1.54) is 24.3 Å². The van der Waals surface area contributed by atoms with Crippen molar-refractivity contribution in [2.24, 2.45) is 11.7 Å². The number of nitrogens with two attached hydrogens (primary N) is 1. The summed E-state index contributed by atoms with van der Waals surface area (Å²) in [6, 6.07) is 13.6. The third-order valence-electron chi connectivity index (χ3n) is 5.86. The number of hydroxylamine groups is 2. The molecule has 0 spiro atoms. The van der Waals surface area contributed by atoms with Gasteiger partial charge in [0, 0.05) is 18.6 Å². The smallest absolute Gasteiger partial charge is 0.375 e. The van der Waals surface area contributed by atoms with Gasteiger partial charge in [-0.2, -0.15) is 5.06 Å². The molecular weight excluding hydrogens is 506 g/mol. The van der Waals surface area contributed by atoms with Crippen molar-refractivity contribution in [1.29, 1.82) is 0 Å². The van der Waals surface area contributed by atoms with Crippen LogP contribution in [0.15, 0.2) is 54.6 Å². The molecule has 2 saturated heterocycles. The van der Waals surface area contributed by atoms with E-state index in [1.807, 2.05) is 0 Å². The Bertz CT molecular complexity index is 1280. The number of esters is 3. The van der Waals surface area contributed by atoms with Gasteiger partial charge in [-0.25, -0.2) is 4.79 Å². The molecule has 3 unspecified atom stereocenters. The molecule has 4 rings (SSSR count). The highest BCUT2D eigenvalue weighted by atomic mass is 16.8. The highest BCUT2D eigenvalue weighted by Gasteiger charge is 2.64. The van der Waals surface area contributed by atoms with Gasteiger partial charge in [0.1, 0.15) is 13.2 Å². The predicted molar refractivity (Wildman–Crippen MR) is 122 cm³/mol. The summed E-state index contributed by atoms with van der Waals surface area (Å²) >= 11 is 0.